The summed E-state index contributed by atoms with van der Waals surface area (Å²) in [5, 5.41) is 9.48. The van der Waals surface area contributed by atoms with Crippen molar-refractivity contribution in [1.29, 1.82) is 0 Å². The molecule has 1 aromatic carbocycles. The molecular formula is C14H22OS. The molecule has 0 saturated carbocycles. The van der Waals surface area contributed by atoms with Crippen molar-refractivity contribution >= 4 is 11.8 Å². The van der Waals surface area contributed by atoms with Crippen LogP contribution in [0.2, 0.25) is 0 Å². The molecule has 1 atom stereocenters. The molecule has 0 aromatic heterocycles. The molecule has 16 heavy (non-hydrogen) atoms. The first-order valence-corrected chi connectivity index (χ1v) is 6.99. The normalized spacial score (nSPS) is 13.1. The Balaban J connectivity index is 2.39. The number of benzene rings is 1. The molecule has 0 amide bonds. The summed E-state index contributed by atoms with van der Waals surface area (Å²) >= 11 is 1.88. The van der Waals surface area contributed by atoms with E-state index in [-0.39, 0.29) is 6.10 Å². The van der Waals surface area contributed by atoms with Gasteiger partial charge in [-0.05, 0) is 42.7 Å². The van der Waals surface area contributed by atoms with Gasteiger partial charge in [0.15, 0.2) is 0 Å². The SMILES string of the molecule is CC(C)CCCSc1cccc(C(C)O)c1. The van der Waals surface area contributed by atoms with E-state index in [1.807, 2.05) is 30.8 Å². The molecule has 1 N–H and O–H groups in total. The smallest absolute Gasteiger partial charge is 0.0762 e. The molecule has 0 aliphatic heterocycles. The fourth-order valence-corrected chi connectivity index (χ4v) is 2.49. The van der Waals surface area contributed by atoms with E-state index in [4.69, 9.17) is 0 Å². The molecule has 0 bridgehead atoms. The van der Waals surface area contributed by atoms with E-state index in [0.717, 1.165) is 11.5 Å². The Morgan fingerprint density at radius 3 is 2.62 bits per heavy atom. The average Bonchev–Trinajstić information content (AvgIpc) is 2.24. The quantitative estimate of drug-likeness (QED) is 0.590. The van der Waals surface area contributed by atoms with Gasteiger partial charge in [-0.15, -0.1) is 11.8 Å². The van der Waals surface area contributed by atoms with Crippen LogP contribution >= 0.6 is 11.8 Å². The van der Waals surface area contributed by atoms with E-state index in [0.29, 0.717) is 0 Å². The zero-order valence-electron chi connectivity index (χ0n) is 10.4. The van der Waals surface area contributed by atoms with Crippen molar-refractivity contribution in [2.24, 2.45) is 5.92 Å². The molecule has 0 heterocycles. The van der Waals surface area contributed by atoms with Gasteiger partial charge < -0.3 is 5.11 Å². The van der Waals surface area contributed by atoms with Crippen molar-refractivity contribution in [3.63, 3.8) is 0 Å². The number of thioether (sulfide) groups is 1. The lowest BCUT2D eigenvalue weighted by Crippen LogP contribution is -1.91. The van der Waals surface area contributed by atoms with Gasteiger partial charge >= 0.3 is 0 Å². The van der Waals surface area contributed by atoms with Crippen molar-refractivity contribution in [2.75, 3.05) is 5.75 Å². The van der Waals surface area contributed by atoms with Gasteiger partial charge in [0, 0.05) is 4.90 Å². The standard InChI is InChI=1S/C14H22OS/c1-11(2)6-5-9-16-14-8-4-7-13(10-14)12(3)15/h4,7-8,10-12,15H,5-6,9H2,1-3H3. The first-order valence-electron chi connectivity index (χ1n) is 6.00. The molecule has 1 unspecified atom stereocenters. The average molecular weight is 238 g/mol. The second kappa shape index (κ2) is 6.97. The van der Waals surface area contributed by atoms with E-state index in [1.165, 1.54) is 23.5 Å². The molecule has 0 aliphatic carbocycles. The van der Waals surface area contributed by atoms with Crippen LogP contribution in [-0.2, 0) is 0 Å². The maximum Gasteiger partial charge on any atom is 0.0762 e. The Kier molecular flexibility index (Phi) is 5.93. The van der Waals surface area contributed by atoms with Crippen LogP contribution in [-0.4, -0.2) is 10.9 Å². The van der Waals surface area contributed by atoms with E-state index < -0.39 is 0 Å². The van der Waals surface area contributed by atoms with Gasteiger partial charge in [0.25, 0.3) is 0 Å². The minimum Gasteiger partial charge on any atom is -0.389 e. The van der Waals surface area contributed by atoms with Gasteiger partial charge in [0.05, 0.1) is 6.10 Å². The molecule has 0 fully saturated rings. The summed E-state index contributed by atoms with van der Waals surface area (Å²) in [7, 11) is 0. The summed E-state index contributed by atoms with van der Waals surface area (Å²) in [4.78, 5) is 1.27. The van der Waals surface area contributed by atoms with E-state index in [1.54, 1.807) is 0 Å². The van der Waals surface area contributed by atoms with Crippen molar-refractivity contribution < 1.29 is 5.11 Å². The zero-order chi connectivity index (χ0) is 12.0. The highest BCUT2D eigenvalue weighted by Crippen LogP contribution is 2.23. The molecule has 0 spiro atoms. The Hall–Kier alpha value is -0.470. The zero-order valence-corrected chi connectivity index (χ0v) is 11.3. The summed E-state index contributed by atoms with van der Waals surface area (Å²) in [5.41, 5.74) is 1.01. The molecule has 1 nitrogen and oxygen atoms in total. The Bertz CT molecular complexity index is 307. The van der Waals surface area contributed by atoms with Crippen LogP contribution in [0.5, 0.6) is 0 Å². The van der Waals surface area contributed by atoms with Crippen molar-refractivity contribution in [1.82, 2.24) is 0 Å². The van der Waals surface area contributed by atoms with Crippen molar-refractivity contribution in [2.45, 2.75) is 44.6 Å². The van der Waals surface area contributed by atoms with E-state index in [2.05, 4.69) is 26.0 Å². The maximum absolute atomic E-state index is 9.48. The fourth-order valence-electron chi connectivity index (χ4n) is 1.55. The van der Waals surface area contributed by atoms with Crippen LogP contribution < -0.4 is 0 Å². The van der Waals surface area contributed by atoms with Crippen LogP contribution in [0, 0.1) is 5.92 Å². The highest BCUT2D eigenvalue weighted by molar-refractivity contribution is 7.99. The number of hydrogen-bond donors (Lipinski definition) is 1. The van der Waals surface area contributed by atoms with Gasteiger partial charge in [0.1, 0.15) is 0 Å². The van der Waals surface area contributed by atoms with Gasteiger partial charge in [-0.2, -0.15) is 0 Å². The molecule has 0 saturated heterocycles. The van der Waals surface area contributed by atoms with Gasteiger partial charge in [-0.1, -0.05) is 32.4 Å². The second-order valence-corrected chi connectivity index (χ2v) is 5.80. The lowest BCUT2D eigenvalue weighted by Gasteiger charge is -2.08. The summed E-state index contributed by atoms with van der Waals surface area (Å²) < 4.78 is 0. The molecule has 90 valence electrons. The van der Waals surface area contributed by atoms with Crippen LogP contribution in [0.1, 0.15) is 45.3 Å². The van der Waals surface area contributed by atoms with Crippen molar-refractivity contribution in [3.05, 3.63) is 29.8 Å². The minimum absolute atomic E-state index is 0.365. The van der Waals surface area contributed by atoms with Crippen LogP contribution in [0.4, 0.5) is 0 Å². The molecule has 2 heteroatoms. The Morgan fingerprint density at radius 2 is 2.00 bits per heavy atom. The Labute approximate surface area is 103 Å². The predicted molar refractivity (Wildman–Crippen MR) is 71.9 cm³/mol. The third-order valence-corrected chi connectivity index (χ3v) is 3.62. The van der Waals surface area contributed by atoms with Crippen LogP contribution in [0.25, 0.3) is 0 Å². The number of hydrogen-bond acceptors (Lipinski definition) is 2. The number of aliphatic hydroxyl groups is 1. The molecule has 1 rings (SSSR count). The first-order chi connectivity index (χ1) is 7.59. The van der Waals surface area contributed by atoms with Crippen molar-refractivity contribution in [3.8, 4) is 0 Å². The minimum atomic E-state index is -0.365. The molecular weight excluding hydrogens is 216 g/mol. The topological polar surface area (TPSA) is 20.2 Å². The summed E-state index contributed by atoms with van der Waals surface area (Å²) in [6.07, 6.45) is 2.20. The second-order valence-electron chi connectivity index (χ2n) is 4.63. The lowest BCUT2D eigenvalue weighted by molar-refractivity contribution is 0.199. The van der Waals surface area contributed by atoms with Gasteiger partial charge in [-0.25, -0.2) is 0 Å². The highest BCUT2D eigenvalue weighted by Gasteiger charge is 2.02. The lowest BCUT2D eigenvalue weighted by atomic mass is 10.1. The number of rotatable bonds is 6. The monoisotopic (exact) mass is 238 g/mol. The fraction of sp³-hybridized carbons (Fsp3) is 0.571. The van der Waals surface area contributed by atoms with E-state index in [9.17, 15) is 5.11 Å². The molecule has 0 radical (unpaired) electrons. The summed E-state index contributed by atoms with van der Waals surface area (Å²) in [5.74, 6) is 1.96. The van der Waals surface area contributed by atoms with Crippen LogP contribution in [0.3, 0.4) is 0 Å². The molecule has 1 aromatic rings. The van der Waals surface area contributed by atoms with Gasteiger partial charge in [0.2, 0.25) is 0 Å². The largest absolute Gasteiger partial charge is 0.389 e. The predicted octanol–water partition coefficient (Wildman–Crippen LogP) is 4.27. The van der Waals surface area contributed by atoms with E-state index >= 15 is 0 Å². The van der Waals surface area contributed by atoms with Gasteiger partial charge in [-0.3, -0.25) is 0 Å². The third kappa shape index (κ3) is 5.04. The van der Waals surface area contributed by atoms with Crippen LogP contribution in [0.15, 0.2) is 29.2 Å². The Morgan fingerprint density at radius 1 is 1.25 bits per heavy atom. The molecule has 0 aliphatic rings. The summed E-state index contributed by atoms with van der Waals surface area (Å²) in [6.45, 7) is 6.33. The number of aliphatic hydroxyl groups excluding tert-OH is 1. The first kappa shape index (κ1) is 13.6. The summed E-state index contributed by atoms with van der Waals surface area (Å²) in [6, 6.07) is 8.20. The maximum atomic E-state index is 9.48. The highest BCUT2D eigenvalue weighted by atomic mass is 32.2. The third-order valence-electron chi connectivity index (χ3n) is 2.54.